The van der Waals surface area contributed by atoms with Gasteiger partial charge in [0.05, 0.1) is 11.1 Å². The molecule has 2 amide bonds. The van der Waals surface area contributed by atoms with Crippen molar-refractivity contribution in [1.29, 1.82) is 0 Å². The van der Waals surface area contributed by atoms with Crippen LogP contribution in [0, 0.1) is 5.92 Å². The van der Waals surface area contributed by atoms with Gasteiger partial charge in [-0.1, -0.05) is 31.0 Å². The number of nitrogens with zero attached hydrogens (tertiary/aromatic N) is 3. The summed E-state index contributed by atoms with van der Waals surface area (Å²) in [5, 5.41) is 0.981. The highest BCUT2D eigenvalue weighted by molar-refractivity contribution is 6.05. The number of carbonyl (C=O) groups excluding carboxylic acids is 2. The molecule has 0 aliphatic carbocycles. The number of pyridine rings is 1. The Morgan fingerprint density at radius 2 is 1.56 bits per heavy atom. The van der Waals surface area contributed by atoms with Crippen LogP contribution < -0.4 is 0 Å². The average molecular weight is 365 g/mol. The van der Waals surface area contributed by atoms with Crippen LogP contribution in [0.2, 0.25) is 0 Å². The highest BCUT2D eigenvalue weighted by Gasteiger charge is 2.31. The van der Waals surface area contributed by atoms with E-state index in [2.05, 4.69) is 9.88 Å². The summed E-state index contributed by atoms with van der Waals surface area (Å²) in [4.78, 5) is 34.2. The molecule has 5 heteroatoms. The average Bonchev–Trinajstić information content (AvgIpc) is 3.02. The molecule has 5 nitrogen and oxygen atoms in total. The second-order valence-corrected chi connectivity index (χ2v) is 7.69. The molecule has 142 valence electrons. The summed E-state index contributed by atoms with van der Waals surface area (Å²) in [7, 11) is 0. The number of fused-ring (bicyclic) bond motifs is 1. The first-order valence-electron chi connectivity index (χ1n) is 10.2. The Hall–Kier alpha value is -2.43. The minimum atomic E-state index is 0.0278. The molecular weight excluding hydrogens is 338 g/mol. The normalized spacial score (nSPS) is 19.1. The molecule has 0 radical (unpaired) electrons. The van der Waals surface area contributed by atoms with Crippen LogP contribution in [0.25, 0.3) is 10.9 Å². The Morgan fingerprint density at radius 3 is 2.30 bits per heavy atom. The monoisotopic (exact) mass is 365 g/mol. The Labute approximate surface area is 160 Å². The van der Waals surface area contributed by atoms with Gasteiger partial charge in [-0.05, 0) is 37.8 Å². The fourth-order valence-electron chi connectivity index (χ4n) is 4.33. The van der Waals surface area contributed by atoms with Crippen LogP contribution >= 0.6 is 0 Å². The first-order chi connectivity index (χ1) is 13.2. The van der Waals surface area contributed by atoms with Crippen molar-refractivity contribution in [2.75, 3.05) is 26.2 Å². The van der Waals surface area contributed by atoms with Crippen LogP contribution in [-0.2, 0) is 4.79 Å². The SMILES string of the molecule is O=C(c1cccc2cccnc12)N1CCC(C(=O)N2CCCCCC2)CC1. The number of likely N-dealkylation sites (tertiary alicyclic amines) is 2. The van der Waals surface area contributed by atoms with Crippen molar-refractivity contribution in [3.63, 3.8) is 0 Å². The lowest BCUT2D eigenvalue weighted by atomic mass is 9.94. The van der Waals surface area contributed by atoms with Crippen molar-refractivity contribution in [3.8, 4) is 0 Å². The molecule has 1 aromatic carbocycles. The lowest BCUT2D eigenvalue weighted by molar-refractivity contribution is -0.136. The van der Waals surface area contributed by atoms with E-state index in [0.717, 1.165) is 49.7 Å². The van der Waals surface area contributed by atoms with Gasteiger partial charge in [-0.2, -0.15) is 0 Å². The van der Waals surface area contributed by atoms with Gasteiger partial charge in [0, 0.05) is 43.7 Å². The predicted octanol–water partition coefficient (Wildman–Crippen LogP) is 3.49. The first-order valence-corrected chi connectivity index (χ1v) is 10.2. The Morgan fingerprint density at radius 1 is 0.852 bits per heavy atom. The number of rotatable bonds is 2. The van der Waals surface area contributed by atoms with E-state index in [-0.39, 0.29) is 11.8 Å². The maximum absolute atomic E-state index is 13.0. The van der Waals surface area contributed by atoms with Crippen molar-refractivity contribution < 1.29 is 9.59 Å². The van der Waals surface area contributed by atoms with E-state index in [1.54, 1.807) is 6.20 Å². The van der Waals surface area contributed by atoms with E-state index in [4.69, 9.17) is 0 Å². The maximum Gasteiger partial charge on any atom is 0.256 e. The molecule has 0 atom stereocenters. The molecule has 27 heavy (non-hydrogen) atoms. The number of amides is 2. The van der Waals surface area contributed by atoms with E-state index >= 15 is 0 Å². The summed E-state index contributed by atoms with van der Waals surface area (Å²) in [5.41, 5.74) is 1.41. The largest absolute Gasteiger partial charge is 0.342 e. The van der Waals surface area contributed by atoms with Gasteiger partial charge >= 0.3 is 0 Å². The van der Waals surface area contributed by atoms with Crippen LogP contribution in [0.1, 0.15) is 48.9 Å². The highest BCUT2D eigenvalue weighted by Crippen LogP contribution is 2.24. The van der Waals surface area contributed by atoms with Gasteiger partial charge in [0.1, 0.15) is 0 Å². The third-order valence-electron chi connectivity index (χ3n) is 5.91. The number of carbonyl (C=O) groups is 2. The Kier molecular flexibility index (Phi) is 5.37. The lowest BCUT2D eigenvalue weighted by Crippen LogP contribution is -2.44. The Balaban J connectivity index is 1.41. The van der Waals surface area contributed by atoms with E-state index in [1.165, 1.54) is 12.8 Å². The molecule has 2 aromatic rings. The zero-order valence-electron chi connectivity index (χ0n) is 15.8. The van der Waals surface area contributed by atoms with Crippen LogP contribution in [0.4, 0.5) is 0 Å². The van der Waals surface area contributed by atoms with Crippen molar-refractivity contribution in [1.82, 2.24) is 14.8 Å². The first kappa shape index (κ1) is 18.0. The molecular formula is C22H27N3O2. The van der Waals surface area contributed by atoms with E-state index < -0.39 is 0 Å². The number of aromatic nitrogens is 1. The molecule has 0 spiro atoms. The summed E-state index contributed by atoms with van der Waals surface area (Å²) in [6, 6.07) is 9.60. The summed E-state index contributed by atoms with van der Waals surface area (Å²) in [5.74, 6) is 0.397. The van der Waals surface area contributed by atoms with Gasteiger partial charge in [-0.25, -0.2) is 0 Å². The zero-order chi connectivity index (χ0) is 18.6. The fraction of sp³-hybridized carbons (Fsp3) is 0.500. The Bertz CT molecular complexity index is 814. The number of piperidine rings is 1. The minimum absolute atomic E-state index is 0.0278. The molecule has 0 unspecified atom stereocenters. The van der Waals surface area contributed by atoms with Gasteiger partial charge < -0.3 is 9.80 Å². The minimum Gasteiger partial charge on any atom is -0.342 e. The number of benzene rings is 1. The molecule has 1 aromatic heterocycles. The molecule has 3 heterocycles. The van der Waals surface area contributed by atoms with Crippen molar-refractivity contribution >= 4 is 22.7 Å². The molecule has 0 saturated carbocycles. The van der Waals surface area contributed by atoms with Crippen molar-refractivity contribution in [2.24, 2.45) is 5.92 Å². The smallest absolute Gasteiger partial charge is 0.256 e. The van der Waals surface area contributed by atoms with Gasteiger partial charge in [-0.15, -0.1) is 0 Å². The number of hydrogen-bond donors (Lipinski definition) is 0. The summed E-state index contributed by atoms with van der Waals surface area (Å²) >= 11 is 0. The van der Waals surface area contributed by atoms with Crippen molar-refractivity contribution in [2.45, 2.75) is 38.5 Å². The highest BCUT2D eigenvalue weighted by atomic mass is 16.2. The zero-order valence-corrected chi connectivity index (χ0v) is 15.8. The van der Waals surface area contributed by atoms with Crippen LogP contribution in [-0.4, -0.2) is 52.8 Å². The molecule has 2 aliphatic heterocycles. The summed E-state index contributed by atoms with van der Waals surface area (Å²) in [6.07, 6.45) is 7.96. The molecule has 2 fully saturated rings. The van der Waals surface area contributed by atoms with Crippen LogP contribution in [0.15, 0.2) is 36.5 Å². The second-order valence-electron chi connectivity index (χ2n) is 7.69. The fourth-order valence-corrected chi connectivity index (χ4v) is 4.33. The quantitative estimate of drug-likeness (QED) is 0.819. The number of para-hydroxylation sites is 1. The topological polar surface area (TPSA) is 53.5 Å². The molecule has 4 rings (SSSR count). The second kappa shape index (κ2) is 8.07. The molecule has 0 N–H and O–H groups in total. The predicted molar refractivity (Wildman–Crippen MR) is 105 cm³/mol. The third-order valence-corrected chi connectivity index (χ3v) is 5.91. The van der Waals surface area contributed by atoms with Crippen LogP contribution in [0.5, 0.6) is 0 Å². The molecule has 0 bridgehead atoms. The third kappa shape index (κ3) is 3.82. The lowest BCUT2D eigenvalue weighted by Gasteiger charge is -2.34. The molecule has 2 saturated heterocycles. The van der Waals surface area contributed by atoms with E-state index in [9.17, 15) is 9.59 Å². The summed E-state index contributed by atoms with van der Waals surface area (Å²) < 4.78 is 0. The van der Waals surface area contributed by atoms with Gasteiger partial charge in [0.25, 0.3) is 5.91 Å². The van der Waals surface area contributed by atoms with Crippen molar-refractivity contribution in [3.05, 3.63) is 42.1 Å². The number of hydrogen-bond acceptors (Lipinski definition) is 3. The van der Waals surface area contributed by atoms with E-state index in [0.29, 0.717) is 24.6 Å². The standard InChI is InChI=1S/C22H27N3O2/c26-21(24-13-3-1-2-4-14-24)18-10-15-25(16-11-18)22(27)19-9-5-7-17-8-6-12-23-20(17)19/h5-9,12,18H,1-4,10-11,13-16H2. The van der Waals surface area contributed by atoms with Gasteiger partial charge in [0.15, 0.2) is 0 Å². The van der Waals surface area contributed by atoms with Gasteiger partial charge in [0.2, 0.25) is 5.91 Å². The van der Waals surface area contributed by atoms with Crippen LogP contribution in [0.3, 0.4) is 0 Å². The summed E-state index contributed by atoms with van der Waals surface area (Å²) in [6.45, 7) is 3.10. The van der Waals surface area contributed by atoms with E-state index in [1.807, 2.05) is 35.2 Å². The van der Waals surface area contributed by atoms with Gasteiger partial charge in [-0.3, -0.25) is 14.6 Å². The maximum atomic E-state index is 13.0. The molecule has 2 aliphatic rings.